The number of aryl methyl sites for hydroxylation is 1. The number of hydrogen-bond donors (Lipinski definition) is 2. The van der Waals surface area contributed by atoms with Crippen LogP contribution < -0.4 is 15.4 Å². The molecule has 3 rings (SSSR count). The predicted molar refractivity (Wildman–Crippen MR) is 118 cm³/mol. The molecule has 1 aliphatic heterocycles. The van der Waals surface area contributed by atoms with Crippen molar-refractivity contribution in [3.8, 4) is 5.75 Å². The maximum absolute atomic E-state index is 5.39. The number of nitrogens with one attached hydrogen (secondary N) is 2. The first-order chi connectivity index (χ1) is 12.8. The smallest absolute Gasteiger partial charge is 0.191 e. The number of guanidine groups is 1. The third-order valence-electron chi connectivity index (χ3n) is 4.69. The number of halogens is 1. The zero-order valence-corrected chi connectivity index (χ0v) is 18.4. The summed E-state index contributed by atoms with van der Waals surface area (Å²) in [4.78, 5) is 4.29. The van der Waals surface area contributed by atoms with Crippen LogP contribution in [0.4, 0.5) is 0 Å². The summed E-state index contributed by atoms with van der Waals surface area (Å²) in [7, 11) is 3.47. The average Bonchev–Trinajstić information content (AvgIpc) is 2.90. The van der Waals surface area contributed by atoms with Gasteiger partial charge < -0.3 is 19.9 Å². The zero-order chi connectivity index (χ0) is 18.2. The fraction of sp³-hybridized carbons (Fsp3) is 0.526. The van der Waals surface area contributed by atoms with E-state index in [1.807, 2.05) is 24.3 Å². The maximum Gasteiger partial charge on any atom is 0.191 e. The van der Waals surface area contributed by atoms with E-state index in [4.69, 9.17) is 4.74 Å². The van der Waals surface area contributed by atoms with Crippen LogP contribution in [0.1, 0.15) is 36.5 Å². The first kappa shape index (κ1) is 21.5. The van der Waals surface area contributed by atoms with Gasteiger partial charge in [0.15, 0.2) is 5.96 Å². The van der Waals surface area contributed by atoms with Crippen molar-refractivity contribution in [2.45, 2.75) is 45.2 Å². The van der Waals surface area contributed by atoms with E-state index in [1.54, 1.807) is 14.2 Å². The lowest BCUT2D eigenvalue weighted by molar-refractivity contribution is 0.409. The van der Waals surface area contributed by atoms with Gasteiger partial charge >= 0.3 is 0 Å². The molecule has 0 bridgehead atoms. The maximum atomic E-state index is 5.39. The highest BCUT2D eigenvalue weighted by molar-refractivity contribution is 14.0. The molecular weight excluding hydrogens is 455 g/mol. The average molecular weight is 484 g/mol. The van der Waals surface area contributed by atoms with Crippen molar-refractivity contribution >= 4 is 29.9 Å². The highest BCUT2D eigenvalue weighted by Gasteiger charge is 2.14. The molecule has 2 aromatic rings. The zero-order valence-electron chi connectivity index (χ0n) is 16.1. The van der Waals surface area contributed by atoms with Gasteiger partial charge in [-0.1, -0.05) is 24.6 Å². The minimum atomic E-state index is 0. The van der Waals surface area contributed by atoms with Gasteiger partial charge in [-0.3, -0.25) is 4.99 Å². The molecule has 0 radical (unpaired) electrons. The topological polar surface area (TPSA) is 76.4 Å². The number of aromatic nitrogens is 3. The number of aliphatic imine (C=N–C) groups is 1. The van der Waals surface area contributed by atoms with Gasteiger partial charge in [0.1, 0.15) is 17.4 Å². The molecule has 0 fully saturated rings. The highest BCUT2D eigenvalue weighted by Crippen LogP contribution is 2.16. The summed E-state index contributed by atoms with van der Waals surface area (Å²) < 4.78 is 7.68. The molecule has 2 N–H and O–H groups in total. The van der Waals surface area contributed by atoms with Crippen LogP contribution in [0.15, 0.2) is 29.3 Å². The number of fused-ring (bicyclic) bond motifs is 1. The van der Waals surface area contributed by atoms with Gasteiger partial charge in [0.2, 0.25) is 0 Å². The Morgan fingerprint density at radius 3 is 2.85 bits per heavy atom. The second-order valence-corrected chi connectivity index (χ2v) is 6.41. The molecule has 1 aliphatic rings. The summed E-state index contributed by atoms with van der Waals surface area (Å²) in [5.74, 6) is 3.85. The molecule has 0 atom stereocenters. The van der Waals surface area contributed by atoms with Gasteiger partial charge in [-0.15, -0.1) is 34.2 Å². The van der Waals surface area contributed by atoms with E-state index < -0.39 is 0 Å². The molecule has 0 amide bonds. The summed E-state index contributed by atoms with van der Waals surface area (Å²) in [6.07, 6.45) is 5.59. The van der Waals surface area contributed by atoms with Crippen LogP contribution in [0.25, 0.3) is 0 Å². The Balaban J connectivity index is 0.00000261. The summed E-state index contributed by atoms with van der Waals surface area (Å²) in [6.45, 7) is 2.46. The monoisotopic (exact) mass is 484 g/mol. The fourth-order valence-corrected chi connectivity index (χ4v) is 3.27. The quantitative estimate of drug-likeness (QED) is 0.375. The van der Waals surface area contributed by atoms with Crippen molar-refractivity contribution < 1.29 is 4.74 Å². The molecule has 148 valence electrons. The van der Waals surface area contributed by atoms with E-state index in [0.29, 0.717) is 6.54 Å². The molecule has 0 saturated heterocycles. The van der Waals surface area contributed by atoms with E-state index in [-0.39, 0.29) is 24.0 Å². The van der Waals surface area contributed by atoms with Gasteiger partial charge in [0.25, 0.3) is 0 Å². The van der Waals surface area contributed by atoms with Crippen LogP contribution in [0.2, 0.25) is 0 Å². The number of ether oxygens (including phenoxy) is 1. The van der Waals surface area contributed by atoms with E-state index in [2.05, 4.69) is 30.4 Å². The lowest BCUT2D eigenvalue weighted by Gasteiger charge is -2.14. The Kier molecular flexibility index (Phi) is 8.83. The lowest BCUT2D eigenvalue weighted by Crippen LogP contribution is -2.38. The molecule has 0 spiro atoms. The third kappa shape index (κ3) is 5.82. The van der Waals surface area contributed by atoms with Crippen molar-refractivity contribution in [1.29, 1.82) is 0 Å². The lowest BCUT2D eigenvalue weighted by atomic mass is 10.2. The summed E-state index contributed by atoms with van der Waals surface area (Å²) in [5.41, 5.74) is 1.10. The largest absolute Gasteiger partial charge is 0.496 e. The van der Waals surface area contributed by atoms with Crippen LogP contribution in [0.3, 0.4) is 0 Å². The van der Waals surface area contributed by atoms with Crippen LogP contribution in [0.5, 0.6) is 5.75 Å². The van der Waals surface area contributed by atoms with Crippen molar-refractivity contribution in [3.63, 3.8) is 0 Å². The van der Waals surface area contributed by atoms with E-state index in [0.717, 1.165) is 54.9 Å². The third-order valence-corrected chi connectivity index (χ3v) is 4.69. The number of hydrogen-bond acceptors (Lipinski definition) is 4. The van der Waals surface area contributed by atoms with Gasteiger partial charge in [-0.25, -0.2) is 0 Å². The number of benzene rings is 1. The minimum Gasteiger partial charge on any atom is -0.496 e. The van der Waals surface area contributed by atoms with Crippen molar-refractivity contribution in [3.05, 3.63) is 41.5 Å². The van der Waals surface area contributed by atoms with Gasteiger partial charge in [-0.2, -0.15) is 0 Å². The Morgan fingerprint density at radius 2 is 2.04 bits per heavy atom. The van der Waals surface area contributed by atoms with Crippen LogP contribution in [-0.4, -0.2) is 41.4 Å². The second-order valence-electron chi connectivity index (χ2n) is 6.41. The molecule has 8 heteroatoms. The van der Waals surface area contributed by atoms with E-state index in [9.17, 15) is 0 Å². The van der Waals surface area contributed by atoms with Crippen molar-refractivity contribution in [1.82, 2.24) is 25.4 Å². The molecule has 0 saturated carbocycles. The molecule has 2 heterocycles. The molecule has 0 unspecified atom stereocenters. The van der Waals surface area contributed by atoms with Crippen LogP contribution in [-0.2, 0) is 25.9 Å². The van der Waals surface area contributed by atoms with Crippen molar-refractivity contribution in [2.24, 2.45) is 4.99 Å². The normalized spacial score (nSPS) is 13.9. The van der Waals surface area contributed by atoms with Crippen molar-refractivity contribution in [2.75, 3.05) is 20.7 Å². The fourth-order valence-electron chi connectivity index (χ4n) is 3.27. The number of nitrogens with zero attached hydrogens (tertiary/aromatic N) is 4. The summed E-state index contributed by atoms with van der Waals surface area (Å²) >= 11 is 0. The number of para-hydroxylation sites is 1. The summed E-state index contributed by atoms with van der Waals surface area (Å²) in [6, 6.07) is 7.98. The molecular formula is C19H29IN6O. The van der Waals surface area contributed by atoms with Crippen LogP contribution >= 0.6 is 24.0 Å². The Bertz CT molecular complexity index is 746. The molecule has 27 heavy (non-hydrogen) atoms. The Hall–Kier alpha value is -1.84. The highest BCUT2D eigenvalue weighted by atomic mass is 127. The van der Waals surface area contributed by atoms with Gasteiger partial charge in [0.05, 0.1) is 7.11 Å². The predicted octanol–water partition coefficient (Wildman–Crippen LogP) is 2.54. The first-order valence-corrected chi connectivity index (χ1v) is 9.29. The molecule has 1 aromatic heterocycles. The molecule has 1 aromatic carbocycles. The SMILES string of the molecule is CN=C(NCCc1nnc2n1CCCCC2)NCc1ccccc1OC.I. The van der Waals surface area contributed by atoms with E-state index >= 15 is 0 Å². The number of methoxy groups -OCH3 is 1. The van der Waals surface area contributed by atoms with Gasteiger partial charge in [-0.05, 0) is 18.9 Å². The standard InChI is InChI=1S/C19H28N6O.HI/c1-20-19(22-14-15-8-5-6-9-16(15)26-2)21-12-11-18-24-23-17-10-4-3-7-13-25(17)18;/h5-6,8-9H,3-4,7,10-14H2,1-2H3,(H2,20,21,22);1H. The number of rotatable bonds is 6. The first-order valence-electron chi connectivity index (χ1n) is 9.29. The molecule has 7 nitrogen and oxygen atoms in total. The molecule has 0 aliphatic carbocycles. The van der Waals surface area contributed by atoms with E-state index in [1.165, 1.54) is 19.3 Å². The summed E-state index contributed by atoms with van der Waals surface area (Å²) in [5, 5.41) is 15.4. The minimum absolute atomic E-state index is 0. The van der Waals surface area contributed by atoms with Crippen LogP contribution in [0, 0.1) is 0 Å². The second kappa shape index (κ2) is 11.1. The Labute approximate surface area is 178 Å². The van der Waals surface area contributed by atoms with Gasteiger partial charge in [0, 0.05) is 45.1 Å². The Morgan fingerprint density at radius 1 is 1.19 bits per heavy atom.